The first-order valence-corrected chi connectivity index (χ1v) is 11.6. The molecule has 1 aliphatic rings. The number of hydrogen-bond acceptors (Lipinski definition) is 4. The van der Waals surface area contributed by atoms with Crippen LogP contribution in [0, 0.1) is 0 Å². The summed E-state index contributed by atoms with van der Waals surface area (Å²) in [6, 6.07) is 23.1. The third kappa shape index (κ3) is 5.74. The number of aliphatic hydroxyl groups is 1. The molecule has 6 heteroatoms. The molecule has 0 aliphatic carbocycles. The van der Waals surface area contributed by atoms with Gasteiger partial charge in [0.05, 0.1) is 6.10 Å². The first-order chi connectivity index (χ1) is 15.9. The van der Waals surface area contributed by atoms with Gasteiger partial charge in [0.2, 0.25) is 0 Å². The lowest BCUT2D eigenvalue weighted by Gasteiger charge is -2.25. The Morgan fingerprint density at radius 3 is 2.61 bits per heavy atom. The Morgan fingerprint density at radius 1 is 1.09 bits per heavy atom. The predicted octanol–water partition coefficient (Wildman–Crippen LogP) is 4.61. The van der Waals surface area contributed by atoms with E-state index < -0.39 is 18.1 Å². The van der Waals surface area contributed by atoms with Crippen molar-refractivity contribution in [1.29, 1.82) is 0 Å². The van der Waals surface area contributed by atoms with Gasteiger partial charge in [-0.05, 0) is 53.8 Å². The van der Waals surface area contributed by atoms with E-state index in [1.807, 2.05) is 53.4 Å². The highest BCUT2D eigenvalue weighted by molar-refractivity contribution is 6.30. The highest BCUT2D eigenvalue weighted by Gasteiger charge is 2.34. The van der Waals surface area contributed by atoms with Gasteiger partial charge >= 0.3 is 5.97 Å². The van der Waals surface area contributed by atoms with Crippen molar-refractivity contribution in [3.05, 3.63) is 100 Å². The number of anilines is 1. The molecule has 0 bridgehead atoms. The fourth-order valence-corrected chi connectivity index (χ4v) is 4.66. The molecule has 0 saturated heterocycles. The zero-order valence-electron chi connectivity index (χ0n) is 18.6. The molecule has 0 spiro atoms. The molecular formula is C27H29ClN2O3. The second-order valence-electron chi connectivity index (χ2n) is 8.72. The Kier molecular flexibility index (Phi) is 7.33. The number of fused-ring (bicyclic) bond motifs is 1. The van der Waals surface area contributed by atoms with Crippen molar-refractivity contribution in [2.45, 2.75) is 44.5 Å². The van der Waals surface area contributed by atoms with Gasteiger partial charge in [0.1, 0.15) is 6.04 Å². The van der Waals surface area contributed by atoms with Gasteiger partial charge in [0.25, 0.3) is 0 Å². The van der Waals surface area contributed by atoms with E-state index in [4.69, 9.17) is 11.6 Å². The predicted molar refractivity (Wildman–Crippen MR) is 132 cm³/mol. The number of aliphatic carboxylic acids is 1. The van der Waals surface area contributed by atoms with Crippen LogP contribution in [-0.2, 0) is 24.2 Å². The van der Waals surface area contributed by atoms with Crippen LogP contribution in [0.1, 0.15) is 35.3 Å². The molecule has 0 aromatic heterocycles. The molecule has 3 unspecified atom stereocenters. The summed E-state index contributed by atoms with van der Waals surface area (Å²) in [4.78, 5) is 13.9. The fourth-order valence-electron chi connectivity index (χ4n) is 4.46. The lowest BCUT2D eigenvalue weighted by molar-refractivity contribution is -0.138. The quantitative estimate of drug-likeness (QED) is 0.431. The summed E-state index contributed by atoms with van der Waals surface area (Å²) in [5.41, 5.74) is 5.10. The number of carboxylic acid groups (broad SMARTS) is 1. The number of carbonyl (C=O) groups is 1. The summed E-state index contributed by atoms with van der Waals surface area (Å²) in [7, 11) is 0. The monoisotopic (exact) mass is 464 g/mol. The molecule has 3 atom stereocenters. The molecule has 4 rings (SSSR count). The van der Waals surface area contributed by atoms with Crippen molar-refractivity contribution < 1.29 is 15.0 Å². The van der Waals surface area contributed by atoms with Crippen molar-refractivity contribution in [1.82, 2.24) is 5.32 Å². The summed E-state index contributed by atoms with van der Waals surface area (Å²) < 4.78 is 0. The number of halogens is 1. The Labute approximate surface area is 199 Å². The minimum Gasteiger partial charge on any atom is -0.480 e. The van der Waals surface area contributed by atoms with E-state index in [0.29, 0.717) is 24.5 Å². The van der Waals surface area contributed by atoms with Gasteiger partial charge in [-0.1, -0.05) is 66.2 Å². The fraction of sp³-hybridized carbons (Fsp3) is 0.296. The molecule has 0 amide bonds. The van der Waals surface area contributed by atoms with Crippen LogP contribution >= 0.6 is 11.6 Å². The minimum absolute atomic E-state index is 0.147. The largest absolute Gasteiger partial charge is 0.480 e. The van der Waals surface area contributed by atoms with Crippen LogP contribution in [-0.4, -0.2) is 34.8 Å². The van der Waals surface area contributed by atoms with Crippen molar-refractivity contribution in [2.24, 2.45) is 0 Å². The van der Waals surface area contributed by atoms with E-state index in [-0.39, 0.29) is 6.04 Å². The minimum atomic E-state index is -0.797. The highest BCUT2D eigenvalue weighted by atomic mass is 35.5. The lowest BCUT2D eigenvalue weighted by Crippen LogP contribution is -2.38. The van der Waals surface area contributed by atoms with Crippen molar-refractivity contribution in [3.63, 3.8) is 0 Å². The van der Waals surface area contributed by atoms with E-state index in [2.05, 4.69) is 24.4 Å². The van der Waals surface area contributed by atoms with E-state index >= 15 is 0 Å². The Bertz CT molecular complexity index is 1110. The lowest BCUT2D eigenvalue weighted by atomic mass is 10.0. The van der Waals surface area contributed by atoms with Crippen LogP contribution in [0.5, 0.6) is 0 Å². The summed E-state index contributed by atoms with van der Waals surface area (Å²) in [6.07, 6.45) is 0.654. The van der Waals surface area contributed by atoms with E-state index in [1.54, 1.807) is 12.1 Å². The van der Waals surface area contributed by atoms with Gasteiger partial charge in [-0.25, -0.2) is 4.79 Å². The summed E-state index contributed by atoms with van der Waals surface area (Å²) in [5, 5.41) is 24.2. The first kappa shape index (κ1) is 23.3. The zero-order chi connectivity index (χ0) is 23.4. The number of nitrogens with one attached hydrogen (secondary N) is 1. The zero-order valence-corrected chi connectivity index (χ0v) is 19.4. The molecular weight excluding hydrogens is 436 g/mol. The van der Waals surface area contributed by atoms with Crippen LogP contribution in [0.2, 0.25) is 5.02 Å². The van der Waals surface area contributed by atoms with E-state index in [0.717, 1.165) is 34.4 Å². The SMILES string of the molecule is CC(Cc1ccc2c(c1)CC(C(=O)O)N2Cc1ccccc1)NCC(O)c1cccc(Cl)c1. The Hall–Kier alpha value is -2.86. The standard InChI is InChI=1S/C27H29ClN2O3/c1-18(29-16-26(31)21-8-5-9-23(28)14-21)12-20-10-11-24-22(13-20)15-25(27(32)33)30(24)17-19-6-3-2-4-7-19/h2-11,13-14,18,25-26,29,31H,12,15-17H2,1H3,(H,32,33). The number of rotatable bonds is 9. The van der Waals surface area contributed by atoms with Gasteiger partial charge < -0.3 is 20.4 Å². The second-order valence-corrected chi connectivity index (χ2v) is 9.16. The molecule has 1 heterocycles. The molecule has 172 valence electrons. The second kappa shape index (κ2) is 10.4. The molecule has 0 saturated carbocycles. The smallest absolute Gasteiger partial charge is 0.326 e. The first-order valence-electron chi connectivity index (χ1n) is 11.2. The Balaban J connectivity index is 1.40. The average Bonchev–Trinajstić information content (AvgIpc) is 3.16. The average molecular weight is 465 g/mol. The molecule has 0 fully saturated rings. The highest BCUT2D eigenvalue weighted by Crippen LogP contribution is 2.34. The summed E-state index contributed by atoms with van der Waals surface area (Å²) in [6.45, 7) is 3.08. The Morgan fingerprint density at radius 2 is 1.88 bits per heavy atom. The van der Waals surface area contributed by atoms with Gasteiger partial charge in [-0.15, -0.1) is 0 Å². The summed E-state index contributed by atoms with van der Waals surface area (Å²) >= 11 is 6.02. The maximum atomic E-state index is 11.9. The molecule has 5 nitrogen and oxygen atoms in total. The van der Waals surface area contributed by atoms with Crippen LogP contribution in [0.4, 0.5) is 5.69 Å². The number of carboxylic acids is 1. The van der Waals surface area contributed by atoms with Crippen LogP contribution in [0.15, 0.2) is 72.8 Å². The number of aliphatic hydroxyl groups excluding tert-OH is 1. The van der Waals surface area contributed by atoms with Gasteiger partial charge in [0.15, 0.2) is 0 Å². The third-order valence-corrected chi connectivity index (χ3v) is 6.39. The van der Waals surface area contributed by atoms with Crippen molar-refractivity contribution >= 4 is 23.3 Å². The normalized spacial score (nSPS) is 16.9. The molecule has 3 aromatic rings. The van der Waals surface area contributed by atoms with Crippen molar-refractivity contribution in [3.8, 4) is 0 Å². The molecule has 33 heavy (non-hydrogen) atoms. The topological polar surface area (TPSA) is 72.8 Å². The van der Waals surface area contributed by atoms with Crippen LogP contribution in [0.3, 0.4) is 0 Å². The molecule has 3 aromatic carbocycles. The van der Waals surface area contributed by atoms with Gasteiger partial charge in [-0.2, -0.15) is 0 Å². The van der Waals surface area contributed by atoms with E-state index in [9.17, 15) is 15.0 Å². The maximum Gasteiger partial charge on any atom is 0.326 e. The maximum absolute atomic E-state index is 11.9. The van der Waals surface area contributed by atoms with Crippen LogP contribution in [0.25, 0.3) is 0 Å². The number of benzene rings is 3. The van der Waals surface area contributed by atoms with Crippen molar-refractivity contribution in [2.75, 3.05) is 11.4 Å². The van der Waals surface area contributed by atoms with Gasteiger partial charge in [0, 0.05) is 36.3 Å². The molecule has 1 aliphatic heterocycles. The van der Waals surface area contributed by atoms with Crippen LogP contribution < -0.4 is 10.2 Å². The summed E-state index contributed by atoms with van der Waals surface area (Å²) in [5.74, 6) is -0.797. The number of nitrogens with zero attached hydrogens (tertiary/aromatic N) is 1. The number of hydrogen-bond donors (Lipinski definition) is 3. The molecule has 0 radical (unpaired) electrons. The molecule has 3 N–H and O–H groups in total. The third-order valence-electron chi connectivity index (χ3n) is 6.16. The van der Waals surface area contributed by atoms with Gasteiger partial charge in [-0.3, -0.25) is 0 Å². The van der Waals surface area contributed by atoms with E-state index in [1.165, 1.54) is 0 Å².